The van der Waals surface area contributed by atoms with Crippen LogP contribution in [0.5, 0.6) is 17.2 Å². The minimum absolute atomic E-state index is 0.259. The Morgan fingerprint density at radius 2 is 1.17 bits per heavy atom. The van der Waals surface area contributed by atoms with Crippen molar-refractivity contribution in [1.82, 2.24) is 0 Å². The van der Waals surface area contributed by atoms with Crippen LogP contribution >= 0.6 is 0 Å². The Bertz CT molecular complexity index is 785. The number of methoxy groups -OCH3 is 2. The van der Waals surface area contributed by atoms with Crippen molar-refractivity contribution in [3.05, 3.63) is 66.7 Å². The molecule has 3 aromatic rings. The van der Waals surface area contributed by atoms with Gasteiger partial charge in [-0.05, 0) is 46.5 Å². The number of hydrogen-bond acceptors (Lipinski definition) is 3. The Hall–Kier alpha value is -2.94. The lowest BCUT2D eigenvalue weighted by Gasteiger charge is -2.13. The second kappa shape index (κ2) is 6.44. The lowest BCUT2D eigenvalue weighted by Crippen LogP contribution is -1.90. The lowest BCUT2D eigenvalue weighted by molar-refractivity contribution is 0.394. The molecule has 0 aliphatic heterocycles. The second-order valence-electron chi connectivity index (χ2n) is 5.19. The summed E-state index contributed by atoms with van der Waals surface area (Å²) in [6, 6.07) is 21.2. The van der Waals surface area contributed by atoms with Crippen LogP contribution in [0.3, 0.4) is 0 Å². The molecule has 0 amide bonds. The van der Waals surface area contributed by atoms with E-state index in [4.69, 9.17) is 9.47 Å². The Kier molecular flexibility index (Phi) is 4.20. The van der Waals surface area contributed by atoms with Gasteiger partial charge in [0.1, 0.15) is 17.2 Å². The zero-order chi connectivity index (χ0) is 16.2. The molecule has 23 heavy (non-hydrogen) atoms. The van der Waals surface area contributed by atoms with Gasteiger partial charge in [0.25, 0.3) is 0 Å². The molecule has 3 rings (SSSR count). The molecule has 1 N–H and O–H groups in total. The predicted molar refractivity (Wildman–Crippen MR) is 92.1 cm³/mol. The molecule has 0 aliphatic rings. The molecule has 0 radical (unpaired) electrons. The van der Waals surface area contributed by atoms with Crippen molar-refractivity contribution in [3.63, 3.8) is 0 Å². The van der Waals surface area contributed by atoms with E-state index in [1.54, 1.807) is 26.4 Å². The maximum atomic E-state index is 9.49. The SMILES string of the molecule is COc1cc(OC)cc(-c2ccccc2-c2ccc(O)cc2)c1. The van der Waals surface area contributed by atoms with Crippen LogP contribution in [-0.2, 0) is 0 Å². The van der Waals surface area contributed by atoms with Gasteiger partial charge in [-0.3, -0.25) is 0 Å². The van der Waals surface area contributed by atoms with Gasteiger partial charge in [0.15, 0.2) is 0 Å². The van der Waals surface area contributed by atoms with Gasteiger partial charge in [0, 0.05) is 6.07 Å². The minimum Gasteiger partial charge on any atom is -0.508 e. The van der Waals surface area contributed by atoms with Crippen LogP contribution in [0, 0.1) is 0 Å². The molecule has 0 heterocycles. The van der Waals surface area contributed by atoms with E-state index < -0.39 is 0 Å². The predicted octanol–water partition coefficient (Wildman–Crippen LogP) is 4.74. The first-order valence-electron chi connectivity index (χ1n) is 7.33. The first-order chi connectivity index (χ1) is 11.2. The van der Waals surface area contributed by atoms with Crippen LogP contribution in [0.4, 0.5) is 0 Å². The largest absolute Gasteiger partial charge is 0.508 e. The average Bonchev–Trinajstić information content (AvgIpc) is 2.62. The van der Waals surface area contributed by atoms with E-state index in [9.17, 15) is 5.11 Å². The Morgan fingerprint density at radius 1 is 0.652 bits per heavy atom. The van der Waals surface area contributed by atoms with Crippen LogP contribution in [0.2, 0.25) is 0 Å². The quantitative estimate of drug-likeness (QED) is 0.756. The van der Waals surface area contributed by atoms with E-state index in [-0.39, 0.29) is 5.75 Å². The average molecular weight is 306 g/mol. The van der Waals surface area contributed by atoms with Crippen molar-refractivity contribution in [2.24, 2.45) is 0 Å². The summed E-state index contributed by atoms with van der Waals surface area (Å²) in [6.45, 7) is 0. The lowest BCUT2D eigenvalue weighted by atomic mass is 9.94. The number of rotatable bonds is 4. The summed E-state index contributed by atoms with van der Waals surface area (Å²) in [7, 11) is 3.29. The first-order valence-corrected chi connectivity index (χ1v) is 7.33. The smallest absolute Gasteiger partial charge is 0.123 e. The highest BCUT2D eigenvalue weighted by Gasteiger charge is 2.10. The standard InChI is InChI=1S/C20H18O3/c1-22-17-11-15(12-18(13-17)23-2)20-6-4-3-5-19(20)14-7-9-16(21)10-8-14/h3-13,21H,1-2H3. The Labute approximate surface area is 135 Å². The fourth-order valence-electron chi connectivity index (χ4n) is 2.59. The number of benzene rings is 3. The van der Waals surface area contributed by atoms with Crippen LogP contribution in [0.15, 0.2) is 66.7 Å². The Balaban J connectivity index is 2.16. The fraction of sp³-hybridized carbons (Fsp3) is 0.100. The third-order valence-electron chi connectivity index (χ3n) is 3.77. The maximum Gasteiger partial charge on any atom is 0.123 e. The summed E-state index contributed by atoms with van der Waals surface area (Å²) in [6.07, 6.45) is 0. The third kappa shape index (κ3) is 3.14. The second-order valence-corrected chi connectivity index (χ2v) is 5.19. The molecule has 0 aliphatic carbocycles. The summed E-state index contributed by atoms with van der Waals surface area (Å²) in [4.78, 5) is 0. The van der Waals surface area contributed by atoms with Crippen molar-refractivity contribution < 1.29 is 14.6 Å². The van der Waals surface area contributed by atoms with E-state index in [1.165, 1.54) is 0 Å². The van der Waals surface area contributed by atoms with Gasteiger partial charge in [-0.15, -0.1) is 0 Å². The highest BCUT2D eigenvalue weighted by molar-refractivity contribution is 5.84. The maximum absolute atomic E-state index is 9.49. The molecule has 0 bridgehead atoms. The molecular weight excluding hydrogens is 288 g/mol. The summed E-state index contributed by atoms with van der Waals surface area (Å²) in [5, 5.41) is 9.49. The highest BCUT2D eigenvalue weighted by atomic mass is 16.5. The molecule has 3 nitrogen and oxygen atoms in total. The van der Waals surface area contributed by atoms with E-state index in [1.807, 2.05) is 42.5 Å². The minimum atomic E-state index is 0.259. The molecule has 0 spiro atoms. The Morgan fingerprint density at radius 3 is 1.70 bits per heavy atom. The molecule has 0 saturated carbocycles. The molecule has 0 aromatic heterocycles. The number of phenols is 1. The van der Waals surface area contributed by atoms with Gasteiger partial charge < -0.3 is 14.6 Å². The van der Waals surface area contributed by atoms with Gasteiger partial charge in [0.05, 0.1) is 14.2 Å². The molecule has 0 fully saturated rings. The summed E-state index contributed by atoms with van der Waals surface area (Å²) in [5.41, 5.74) is 4.23. The van der Waals surface area contributed by atoms with Crippen LogP contribution in [0.25, 0.3) is 22.3 Å². The normalized spacial score (nSPS) is 10.3. The molecule has 0 unspecified atom stereocenters. The van der Waals surface area contributed by atoms with Crippen molar-refractivity contribution in [3.8, 4) is 39.5 Å². The molecule has 0 saturated heterocycles. The van der Waals surface area contributed by atoms with Gasteiger partial charge in [-0.2, -0.15) is 0 Å². The van der Waals surface area contributed by atoms with Crippen molar-refractivity contribution >= 4 is 0 Å². The zero-order valence-corrected chi connectivity index (χ0v) is 13.1. The molecule has 116 valence electrons. The third-order valence-corrected chi connectivity index (χ3v) is 3.77. The summed E-state index contributed by atoms with van der Waals surface area (Å²) in [5.74, 6) is 1.76. The van der Waals surface area contributed by atoms with E-state index in [0.29, 0.717) is 0 Å². The van der Waals surface area contributed by atoms with Gasteiger partial charge in [0.2, 0.25) is 0 Å². The molecule has 0 atom stereocenters. The van der Waals surface area contributed by atoms with Crippen LogP contribution in [-0.4, -0.2) is 19.3 Å². The topological polar surface area (TPSA) is 38.7 Å². The molecular formula is C20H18O3. The number of phenolic OH excluding ortho intramolecular Hbond substituents is 1. The molecule has 3 heteroatoms. The number of aromatic hydroxyl groups is 1. The summed E-state index contributed by atoms with van der Waals surface area (Å²) >= 11 is 0. The number of ether oxygens (including phenoxy) is 2. The van der Waals surface area contributed by atoms with E-state index in [2.05, 4.69) is 12.1 Å². The number of hydrogen-bond donors (Lipinski definition) is 1. The van der Waals surface area contributed by atoms with Gasteiger partial charge >= 0.3 is 0 Å². The van der Waals surface area contributed by atoms with Crippen molar-refractivity contribution in [2.75, 3.05) is 14.2 Å². The fourth-order valence-corrected chi connectivity index (χ4v) is 2.59. The van der Waals surface area contributed by atoms with Gasteiger partial charge in [-0.1, -0.05) is 36.4 Å². The highest BCUT2D eigenvalue weighted by Crippen LogP contribution is 2.36. The zero-order valence-electron chi connectivity index (χ0n) is 13.1. The van der Waals surface area contributed by atoms with E-state index in [0.717, 1.165) is 33.8 Å². The first kappa shape index (κ1) is 15.0. The van der Waals surface area contributed by atoms with Crippen LogP contribution < -0.4 is 9.47 Å². The monoisotopic (exact) mass is 306 g/mol. The van der Waals surface area contributed by atoms with Crippen LogP contribution in [0.1, 0.15) is 0 Å². The van der Waals surface area contributed by atoms with Gasteiger partial charge in [-0.25, -0.2) is 0 Å². The van der Waals surface area contributed by atoms with E-state index >= 15 is 0 Å². The molecule has 3 aromatic carbocycles. The van der Waals surface area contributed by atoms with Crippen molar-refractivity contribution in [1.29, 1.82) is 0 Å². The van der Waals surface area contributed by atoms with Crippen molar-refractivity contribution in [2.45, 2.75) is 0 Å². The summed E-state index contributed by atoms with van der Waals surface area (Å²) < 4.78 is 10.7.